The molecule has 3 aromatic carbocycles. The summed E-state index contributed by atoms with van der Waals surface area (Å²) in [7, 11) is -2.12. The molecule has 0 saturated carbocycles. The van der Waals surface area contributed by atoms with Crippen molar-refractivity contribution >= 4 is 42.7 Å². The molecule has 4 aromatic heterocycles. The second-order valence-electron chi connectivity index (χ2n) is 16.8. The van der Waals surface area contributed by atoms with Gasteiger partial charge in [-0.3, -0.25) is 14.5 Å². The number of carbonyl (C=O) groups is 2. The number of rotatable bonds is 7. The van der Waals surface area contributed by atoms with Crippen LogP contribution >= 0.6 is 0 Å². The Morgan fingerprint density at radius 3 is 2.36 bits per heavy atom. The van der Waals surface area contributed by atoms with Crippen molar-refractivity contribution in [3.63, 3.8) is 0 Å². The molecule has 12 heteroatoms. The number of hydrogen-bond donors (Lipinski definition) is 0. The van der Waals surface area contributed by atoms with E-state index in [1.807, 2.05) is 95.3 Å². The van der Waals surface area contributed by atoms with Crippen molar-refractivity contribution in [1.29, 1.82) is 0 Å². The zero-order valence-corrected chi connectivity index (χ0v) is 34.8. The molecule has 0 unspecified atom stereocenters. The van der Waals surface area contributed by atoms with Crippen molar-refractivity contribution in [1.82, 2.24) is 23.9 Å². The van der Waals surface area contributed by atoms with Crippen LogP contribution in [-0.2, 0) is 13.0 Å². The van der Waals surface area contributed by atoms with Gasteiger partial charge in [-0.1, -0.05) is 51.1 Å². The summed E-state index contributed by atoms with van der Waals surface area (Å²) in [6.07, 6.45) is 7.95. The molecule has 2 aliphatic heterocycles. The van der Waals surface area contributed by atoms with Crippen LogP contribution in [0.15, 0.2) is 110 Å². The van der Waals surface area contributed by atoms with Crippen molar-refractivity contribution in [2.45, 2.75) is 71.8 Å². The molecule has 9 rings (SSSR count). The summed E-state index contributed by atoms with van der Waals surface area (Å²) in [6, 6.07) is 27.2. The maximum Gasteiger partial charge on any atom is 0.265 e. The highest BCUT2D eigenvalue weighted by atomic mass is 28.4. The van der Waals surface area contributed by atoms with Crippen LogP contribution in [-0.4, -0.2) is 56.9 Å². The molecule has 0 radical (unpaired) electrons. The number of nitrogens with zero attached hydrogens (tertiary/aromatic N) is 6. The third-order valence-corrected chi connectivity index (χ3v) is 16.3. The number of fused-ring (bicyclic) bond motifs is 4. The molecule has 2 amide bonds. The van der Waals surface area contributed by atoms with Crippen LogP contribution in [0.1, 0.15) is 65.1 Å². The van der Waals surface area contributed by atoms with E-state index in [4.69, 9.17) is 18.9 Å². The molecular weight excluding hydrogens is 745 g/mol. The first kappa shape index (κ1) is 37.2. The van der Waals surface area contributed by atoms with E-state index in [1.165, 1.54) is 5.56 Å². The molecule has 0 bridgehead atoms. The van der Waals surface area contributed by atoms with E-state index < -0.39 is 8.32 Å². The molecule has 2 aliphatic rings. The highest BCUT2D eigenvalue weighted by molar-refractivity contribution is 6.74. The summed E-state index contributed by atoms with van der Waals surface area (Å²) in [5.41, 5.74) is 8.07. The molecule has 0 spiro atoms. The van der Waals surface area contributed by atoms with E-state index in [0.717, 1.165) is 23.3 Å². The molecule has 1 atom stereocenters. The zero-order chi connectivity index (χ0) is 40.5. The van der Waals surface area contributed by atoms with Crippen LogP contribution in [0.3, 0.4) is 0 Å². The lowest BCUT2D eigenvalue weighted by molar-refractivity contribution is 0.0658. The predicted molar refractivity (Wildman–Crippen MR) is 227 cm³/mol. The number of pyridine rings is 1. The molecule has 6 heterocycles. The number of aromatic nitrogens is 4. The van der Waals surface area contributed by atoms with E-state index in [-0.39, 0.29) is 29.7 Å². The van der Waals surface area contributed by atoms with Crippen LogP contribution in [0, 0.1) is 6.92 Å². The van der Waals surface area contributed by atoms with Crippen molar-refractivity contribution < 1.29 is 23.5 Å². The number of anilines is 2. The fourth-order valence-electron chi connectivity index (χ4n) is 7.68. The fourth-order valence-corrected chi connectivity index (χ4v) is 8.71. The van der Waals surface area contributed by atoms with Crippen LogP contribution in [0.4, 0.5) is 11.4 Å². The van der Waals surface area contributed by atoms with E-state index >= 15 is 4.79 Å². The van der Waals surface area contributed by atoms with Gasteiger partial charge in [-0.2, -0.15) is 5.10 Å². The van der Waals surface area contributed by atoms with Gasteiger partial charge in [-0.25, -0.2) is 9.50 Å². The largest absolute Gasteiger partial charge is 0.544 e. The quantitative estimate of drug-likeness (QED) is 0.148. The van der Waals surface area contributed by atoms with Gasteiger partial charge in [0.25, 0.3) is 11.8 Å². The lowest BCUT2D eigenvalue weighted by Crippen LogP contribution is -2.43. The van der Waals surface area contributed by atoms with Crippen LogP contribution in [0.5, 0.6) is 17.2 Å². The summed E-state index contributed by atoms with van der Waals surface area (Å²) < 4.78 is 21.9. The summed E-state index contributed by atoms with van der Waals surface area (Å²) in [5.74, 6) is 1.40. The van der Waals surface area contributed by atoms with E-state index in [0.29, 0.717) is 63.0 Å². The van der Waals surface area contributed by atoms with E-state index in [9.17, 15) is 4.79 Å². The summed E-state index contributed by atoms with van der Waals surface area (Å²) >= 11 is 0. The van der Waals surface area contributed by atoms with Crippen LogP contribution in [0.2, 0.25) is 18.1 Å². The molecule has 0 saturated heterocycles. The number of carbonyl (C=O) groups excluding carboxylic acids is 2. The van der Waals surface area contributed by atoms with Gasteiger partial charge in [0.15, 0.2) is 17.1 Å². The van der Waals surface area contributed by atoms with Crippen molar-refractivity contribution in [2.75, 3.05) is 11.7 Å². The number of hydrogen-bond acceptors (Lipinski definition) is 7. The topological polar surface area (TPSA) is 103 Å². The molecule has 7 aromatic rings. The molecule has 0 aliphatic carbocycles. The highest BCUT2D eigenvalue weighted by Crippen LogP contribution is 2.42. The summed E-state index contributed by atoms with van der Waals surface area (Å²) in [6.45, 7) is 15.6. The monoisotopic (exact) mass is 790 g/mol. The highest BCUT2D eigenvalue weighted by Gasteiger charge is 2.39. The molecule has 58 heavy (non-hydrogen) atoms. The van der Waals surface area contributed by atoms with Crippen molar-refractivity contribution in [3.8, 4) is 28.5 Å². The first-order valence-corrected chi connectivity index (χ1v) is 22.5. The predicted octanol–water partition coefficient (Wildman–Crippen LogP) is 9.64. The van der Waals surface area contributed by atoms with E-state index in [1.54, 1.807) is 27.9 Å². The van der Waals surface area contributed by atoms with Gasteiger partial charge < -0.3 is 23.2 Å². The molecule has 11 nitrogen and oxygen atoms in total. The Balaban J connectivity index is 1.16. The minimum Gasteiger partial charge on any atom is -0.544 e. The van der Waals surface area contributed by atoms with E-state index in [2.05, 4.69) is 58.0 Å². The molecule has 0 N–H and O–H groups in total. The number of benzene rings is 3. The average Bonchev–Trinajstić information content (AvgIpc) is 3.93. The maximum absolute atomic E-state index is 15.3. The second kappa shape index (κ2) is 13.9. The third kappa shape index (κ3) is 6.37. The minimum atomic E-state index is -2.12. The Hall–Kier alpha value is -6.40. The Morgan fingerprint density at radius 2 is 1.60 bits per heavy atom. The van der Waals surface area contributed by atoms with Gasteiger partial charge in [0.05, 0.1) is 46.6 Å². The normalized spacial score (nSPS) is 15.2. The summed E-state index contributed by atoms with van der Waals surface area (Å²) in [4.78, 5) is 38.4. The first-order chi connectivity index (χ1) is 27.8. The lowest BCUT2D eigenvalue weighted by atomic mass is 9.93. The van der Waals surface area contributed by atoms with Crippen molar-refractivity contribution in [3.05, 3.63) is 138 Å². The Morgan fingerprint density at radius 1 is 0.879 bits per heavy atom. The summed E-state index contributed by atoms with van der Waals surface area (Å²) in [5, 5.41) is 4.53. The van der Waals surface area contributed by atoms with Crippen LogP contribution in [0.25, 0.3) is 22.4 Å². The Bertz CT molecular complexity index is 2750. The number of aryl methyl sites for hydroxylation is 1. The minimum absolute atomic E-state index is 0.0186. The molecule has 294 valence electrons. The smallest absolute Gasteiger partial charge is 0.265 e. The van der Waals surface area contributed by atoms with Gasteiger partial charge in [-0.05, 0) is 104 Å². The first-order valence-electron chi connectivity index (χ1n) is 19.6. The Labute approximate surface area is 338 Å². The third-order valence-electron chi connectivity index (χ3n) is 11.9. The number of amides is 2. The van der Waals surface area contributed by atoms with Gasteiger partial charge in [0, 0.05) is 35.6 Å². The number of ether oxygens (including phenoxy) is 2. The zero-order valence-electron chi connectivity index (χ0n) is 33.8. The van der Waals surface area contributed by atoms with Gasteiger partial charge in [0.2, 0.25) is 15.1 Å². The van der Waals surface area contributed by atoms with Crippen LogP contribution < -0.4 is 18.8 Å². The SMILES string of the molecule is Cc1cnn2cc(N(C(=O)c3cc(-c4cc5c(cc4C(=O)N4Cc6ccccc6C[C@H]4C)OCO5)n4ccccc34)c3ccc(O[Si](C)(C)C(C)(C)C)cc3)cnc12. The van der Waals surface area contributed by atoms with Gasteiger partial charge >= 0.3 is 0 Å². The lowest BCUT2D eigenvalue weighted by Gasteiger charge is -2.36. The molecular formula is C46H46N6O5Si. The maximum atomic E-state index is 15.3. The molecule has 0 fully saturated rings. The second-order valence-corrected chi connectivity index (χ2v) is 21.5. The van der Waals surface area contributed by atoms with Gasteiger partial charge in [-0.15, -0.1) is 0 Å². The fraction of sp³-hybridized carbons (Fsp3) is 0.261. The van der Waals surface area contributed by atoms with Crippen molar-refractivity contribution in [2.24, 2.45) is 0 Å². The van der Waals surface area contributed by atoms with Gasteiger partial charge in [0.1, 0.15) is 5.75 Å². The standard InChI is InChI=1S/C46H46N6O5Si/c1-29-24-48-51-27-34(25-47-43(29)51)52(33-15-17-35(18-16-33)57-58(6,7)46(3,4)5)45(54)38-21-40(49-19-11-10-14-39(38)49)36-22-41-42(56-28-55-41)23-37(36)44(53)50-26-32-13-9-8-12-31(32)20-30(50)2/h8-19,21-25,27,30H,20,26,28H2,1-7H3/t30-/m1/s1. The average molecular weight is 791 g/mol. The Kier molecular flexibility index (Phi) is 8.92.